The molecule has 0 atom stereocenters. The Bertz CT molecular complexity index is 534. The maximum atomic E-state index is 11.4. The van der Waals surface area contributed by atoms with Crippen molar-refractivity contribution in [2.75, 3.05) is 12.3 Å². The molecule has 2 aromatic rings. The van der Waals surface area contributed by atoms with E-state index in [0.717, 1.165) is 5.56 Å². The summed E-state index contributed by atoms with van der Waals surface area (Å²) in [6.07, 6.45) is 1.27. The number of benzene rings is 1. The van der Waals surface area contributed by atoms with Crippen LogP contribution in [0.4, 0.5) is 5.69 Å². The van der Waals surface area contributed by atoms with Crippen molar-refractivity contribution in [2.45, 2.75) is 6.92 Å². The topological polar surface area (TPSA) is 78.3 Å². The van der Waals surface area contributed by atoms with Gasteiger partial charge in [0.25, 0.3) is 0 Å². The van der Waals surface area contributed by atoms with Gasteiger partial charge in [0, 0.05) is 11.3 Å². The van der Waals surface area contributed by atoms with Crippen LogP contribution in [0.1, 0.15) is 17.4 Å². The van der Waals surface area contributed by atoms with Gasteiger partial charge in [-0.25, -0.2) is 9.78 Å². The third-order valence-corrected chi connectivity index (χ3v) is 2.12. The number of nitrogen functional groups attached to an aromatic ring is 1. The molecule has 1 aromatic heterocycles. The quantitative estimate of drug-likeness (QED) is 0.647. The molecule has 1 aromatic carbocycles. The van der Waals surface area contributed by atoms with Crippen LogP contribution in [-0.4, -0.2) is 17.6 Å². The number of oxazole rings is 1. The number of aromatic nitrogens is 1. The lowest BCUT2D eigenvalue weighted by Crippen LogP contribution is -2.04. The summed E-state index contributed by atoms with van der Waals surface area (Å²) in [4.78, 5) is 15.4. The van der Waals surface area contributed by atoms with E-state index in [1.54, 1.807) is 31.2 Å². The highest BCUT2D eigenvalue weighted by atomic mass is 16.5. The first-order valence-corrected chi connectivity index (χ1v) is 5.19. The molecule has 0 saturated carbocycles. The Hall–Kier alpha value is -2.30. The maximum Gasteiger partial charge on any atom is 0.360 e. The van der Waals surface area contributed by atoms with E-state index in [1.807, 2.05) is 0 Å². The highest BCUT2D eigenvalue weighted by molar-refractivity contribution is 5.87. The summed E-state index contributed by atoms with van der Waals surface area (Å²) in [5.41, 5.74) is 7.14. The van der Waals surface area contributed by atoms with E-state index >= 15 is 0 Å². The van der Waals surface area contributed by atoms with E-state index in [2.05, 4.69) is 4.98 Å². The molecule has 0 aliphatic carbocycles. The fraction of sp³-hybridized carbons (Fsp3) is 0.167. The number of hydrogen-bond donors (Lipinski definition) is 1. The molecule has 88 valence electrons. The summed E-state index contributed by atoms with van der Waals surface area (Å²) in [6.45, 7) is 2.04. The smallest absolute Gasteiger partial charge is 0.360 e. The third-order valence-electron chi connectivity index (χ3n) is 2.12. The molecule has 0 unspecified atom stereocenters. The van der Waals surface area contributed by atoms with Crippen LogP contribution in [0.3, 0.4) is 0 Å². The second-order valence-electron chi connectivity index (χ2n) is 3.38. The number of carbonyl (C=O) groups is 1. The van der Waals surface area contributed by atoms with Crippen LogP contribution in [0.25, 0.3) is 11.5 Å². The second-order valence-corrected chi connectivity index (χ2v) is 3.38. The largest absolute Gasteiger partial charge is 0.461 e. The molecule has 0 fully saturated rings. The number of carbonyl (C=O) groups excluding carboxylic acids is 1. The lowest BCUT2D eigenvalue weighted by molar-refractivity contribution is 0.0519. The summed E-state index contributed by atoms with van der Waals surface area (Å²) < 4.78 is 10.0. The van der Waals surface area contributed by atoms with Crippen molar-refractivity contribution in [3.8, 4) is 11.5 Å². The first-order chi connectivity index (χ1) is 8.20. The van der Waals surface area contributed by atoms with Crippen molar-refractivity contribution in [1.29, 1.82) is 0 Å². The van der Waals surface area contributed by atoms with Gasteiger partial charge in [-0.15, -0.1) is 0 Å². The van der Waals surface area contributed by atoms with Gasteiger partial charge in [-0.1, -0.05) is 6.07 Å². The lowest BCUT2D eigenvalue weighted by Gasteiger charge is -1.97. The monoisotopic (exact) mass is 232 g/mol. The molecule has 5 heteroatoms. The Morgan fingerprint density at radius 3 is 3.06 bits per heavy atom. The molecule has 0 spiro atoms. The first kappa shape index (κ1) is 11.2. The van der Waals surface area contributed by atoms with E-state index in [9.17, 15) is 4.79 Å². The van der Waals surface area contributed by atoms with Gasteiger partial charge in [0.15, 0.2) is 5.69 Å². The maximum absolute atomic E-state index is 11.4. The van der Waals surface area contributed by atoms with Gasteiger partial charge in [-0.2, -0.15) is 0 Å². The van der Waals surface area contributed by atoms with Crippen molar-refractivity contribution in [3.63, 3.8) is 0 Å². The van der Waals surface area contributed by atoms with E-state index in [1.165, 1.54) is 6.26 Å². The molecule has 0 amide bonds. The Balaban J connectivity index is 2.27. The van der Waals surface area contributed by atoms with Gasteiger partial charge >= 0.3 is 5.97 Å². The predicted molar refractivity (Wildman–Crippen MR) is 62.3 cm³/mol. The molecule has 17 heavy (non-hydrogen) atoms. The molecule has 0 aliphatic heterocycles. The third kappa shape index (κ3) is 2.44. The average Bonchev–Trinajstić information content (AvgIpc) is 2.78. The van der Waals surface area contributed by atoms with Crippen molar-refractivity contribution >= 4 is 11.7 Å². The van der Waals surface area contributed by atoms with E-state index in [-0.39, 0.29) is 5.69 Å². The molecule has 2 N–H and O–H groups in total. The van der Waals surface area contributed by atoms with Crippen molar-refractivity contribution in [2.24, 2.45) is 0 Å². The van der Waals surface area contributed by atoms with Crippen LogP contribution < -0.4 is 5.73 Å². The zero-order valence-corrected chi connectivity index (χ0v) is 9.34. The SMILES string of the molecule is CCOC(=O)c1coc(-c2cccc(N)c2)n1. The summed E-state index contributed by atoms with van der Waals surface area (Å²) >= 11 is 0. The summed E-state index contributed by atoms with van der Waals surface area (Å²) in [5.74, 6) is -0.147. The first-order valence-electron chi connectivity index (χ1n) is 5.19. The highest BCUT2D eigenvalue weighted by Crippen LogP contribution is 2.20. The Morgan fingerprint density at radius 1 is 1.53 bits per heavy atom. The lowest BCUT2D eigenvalue weighted by atomic mass is 10.2. The number of hydrogen-bond acceptors (Lipinski definition) is 5. The van der Waals surface area contributed by atoms with Gasteiger partial charge in [0.1, 0.15) is 6.26 Å². The van der Waals surface area contributed by atoms with Crippen LogP contribution >= 0.6 is 0 Å². The van der Waals surface area contributed by atoms with Gasteiger partial charge in [-0.05, 0) is 25.1 Å². The molecular formula is C12H12N2O3. The number of nitrogens with zero attached hydrogens (tertiary/aromatic N) is 1. The predicted octanol–water partition coefficient (Wildman–Crippen LogP) is 2.10. The van der Waals surface area contributed by atoms with Gasteiger partial charge < -0.3 is 14.9 Å². The fourth-order valence-electron chi connectivity index (χ4n) is 1.38. The summed E-state index contributed by atoms with van der Waals surface area (Å²) in [6, 6.07) is 7.08. The van der Waals surface area contributed by atoms with Gasteiger partial charge in [0.05, 0.1) is 6.61 Å². The minimum absolute atomic E-state index is 0.157. The number of rotatable bonds is 3. The molecule has 0 aliphatic rings. The summed E-state index contributed by atoms with van der Waals surface area (Å²) in [5, 5.41) is 0. The van der Waals surface area contributed by atoms with E-state index in [0.29, 0.717) is 18.2 Å². The number of esters is 1. The normalized spacial score (nSPS) is 10.2. The minimum atomic E-state index is -0.494. The van der Waals surface area contributed by atoms with Gasteiger partial charge in [0.2, 0.25) is 5.89 Å². The average molecular weight is 232 g/mol. The Kier molecular flexibility index (Phi) is 3.09. The molecule has 0 saturated heterocycles. The second kappa shape index (κ2) is 4.69. The highest BCUT2D eigenvalue weighted by Gasteiger charge is 2.14. The van der Waals surface area contributed by atoms with Crippen LogP contribution in [0, 0.1) is 0 Å². The Labute approximate surface area is 98.2 Å². The zero-order valence-electron chi connectivity index (χ0n) is 9.34. The standard InChI is InChI=1S/C12H12N2O3/c1-2-16-12(15)10-7-17-11(14-10)8-4-3-5-9(13)6-8/h3-7H,2,13H2,1H3. The zero-order chi connectivity index (χ0) is 12.3. The van der Waals surface area contributed by atoms with Gasteiger partial charge in [-0.3, -0.25) is 0 Å². The fourth-order valence-corrected chi connectivity index (χ4v) is 1.38. The minimum Gasteiger partial charge on any atom is -0.461 e. The number of ether oxygens (including phenoxy) is 1. The molecule has 0 bridgehead atoms. The van der Waals surface area contributed by atoms with Crippen LogP contribution in [0.5, 0.6) is 0 Å². The number of nitrogens with two attached hydrogens (primary N) is 1. The molecule has 0 radical (unpaired) electrons. The Morgan fingerprint density at radius 2 is 2.35 bits per heavy atom. The number of anilines is 1. The van der Waals surface area contributed by atoms with Crippen molar-refractivity contribution in [3.05, 3.63) is 36.2 Å². The van der Waals surface area contributed by atoms with E-state index < -0.39 is 5.97 Å². The van der Waals surface area contributed by atoms with Crippen molar-refractivity contribution < 1.29 is 13.9 Å². The molecular weight excluding hydrogens is 220 g/mol. The van der Waals surface area contributed by atoms with Crippen molar-refractivity contribution in [1.82, 2.24) is 4.98 Å². The van der Waals surface area contributed by atoms with Crippen LogP contribution in [0.2, 0.25) is 0 Å². The molecule has 5 nitrogen and oxygen atoms in total. The van der Waals surface area contributed by atoms with Crippen LogP contribution in [-0.2, 0) is 4.74 Å². The van der Waals surface area contributed by atoms with E-state index in [4.69, 9.17) is 14.9 Å². The molecule has 1 heterocycles. The van der Waals surface area contributed by atoms with Crippen LogP contribution in [0.15, 0.2) is 34.9 Å². The molecule has 2 rings (SSSR count). The summed E-state index contributed by atoms with van der Waals surface area (Å²) in [7, 11) is 0.